The molecule has 0 saturated carbocycles. The van der Waals surface area contributed by atoms with Crippen molar-refractivity contribution in [2.75, 3.05) is 12.4 Å². The molecule has 0 unspecified atom stereocenters. The first-order chi connectivity index (χ1) is 17.1. The first-order valence-electron chi connectivity index (χ1n) is 11.0. The lowest BCUT2D eigenvalue weighted by atomic mass is 9.97. The molecule has 2 aromatic carbocycles. The quantitative estimate of drug-likeness (QED) is 0.381. The number of imidazole rings is 1. The number of anilines is 1. The third kappa shape index (κ3) is 4.72. The van der Waals surface area contributed by atoms with Crippen molar-refractivity contribution in [2.45, 2.75) is 26.3 Å². The summed E-state index contributed by atoms with van der Waals surface area (Å²) in [5.74, 6) is -2.62. The predicted molar refractivity (Wildman–Crippen MR) is 132 cm³/mol. The average molecular weight is 514 g/mol. The molecule has 0 bridgehead atoms. The highest BCUT2D eigenvalue weighted by Gasteiger charge is 2.29. The van der Waals surface area contributed by atoms with Crippen molar-refractivity contribution in [1.82, 2.24) is 19.4 Å². The summed E-state index contributed by atoms with van der Waals surface area (Å²) in [6.45, 7) is 2.83. The number of nitrogens with zero attached hydrogens (tertiary/aromatic N) is 3. The van der Waals surface area contributed by atoms with Crippen LogP contribution in [0.1, 0.15) is 41.6 Å². The summed E-state index contributed by atoms with van der Waals surface area (Å²) >= 11 is 6.35. The molecule has 186 valence electrons. The molecule has 36 heavy (non-hydrogen) atoms. The normalized spacial score (nSPS) is 11.9. The Morgan fingerprint density at radius 2 is 1.78 bits per heavy atom. The van der Waals surface area contributed by atoms with Gasteiger partial charge in [0.05, 0.1) is 17.8 Å². The highest BCUT2D eigenvalue weighted by molar-refractivity contribution is 6.31. The van der Waals surface area contributed by atoms with E-state index in [-0.39, 0.29) is 34.7 Å². The zero-order valence-electron chi connectivity index (χ0n) is 19.6. The Morgan fingerprint density at radius 3 is 2.47 bits per heavy atom. The minimum absolute atomic E-state index is 0.00311. The van der Waals surface area contributed by atoms with Gasteiger partial charge in [0.25, 0.3) is 5.91 Å². The molecule has 2 amide bonds. The van der Waals surface area contributed by atoms with E-state index in [9.17, 15) is 23.2 Å². The van der Waals surface area contributed by atoms with E-state index in [1.165, 1.54) is 65.7 Å². The minimum Gasteiger partial charge on any atom is -0.352 e. The first-order valence-corrected chi connectivity index (χ1v) is 11.3. The van der Waals surface area contributed by atoms with E-state index in [1.54, 1.807) is 13.0 Å². The van der Waals surface area contributed by atoms with Gasteiger partial charge in [-0.1, -0.05) is 18.5 Å². The van der Waals surface area contributed by atoms with Crippen molar-refractivity contribution in [2.24, 2.45) is 0 Å². The molecular weight excluding hydrogens is 492 g/mol. The van der Waals surface area contributed by atoms with Crippen LogP contribution >= 0.6 is 11.6 Å². The summed E-state index contributed by atoms with van der Waals surface area (Å²) in [4.78, 5) is 42.3. The van der Waals surface area contributed by atoms with E-state index in [0.29, 0.717) is 16.5 Å². The third-order valence-corrected chi connectivity index (χ3v) is 6.09. The molecule has 0 aliphatic carbocycles. The van der Waals surface area contributed by atoms with Gasteiger partial charge in [0.15, 0.2) is 5.82 Å². The first kappa shape index (κ1) is 25.1. The monoisotopic (exact) mass is 513 g/mol. The van der Waals surface area contributed by atoms with Crippen LogP contribution in [0.15, 0.2) is 48.7 Å². The van der Waals surface area contributed by atoms with E-state index in [2.05, 4.69) is 15.6 Å². The van der Waals surface area contributed by atoms with Gasteiger partial charge in [0, 0.05) is 29.6 Å². The summed E-state index contributed by atoms with van der Waals surface area (Å²) < 4.78 is 30.3. The fourth-order valence-corrected chi connectivity index (χ4v) is 4.39. The number of carbonyl (C=O) groups excluding carboxylic acids is 3. The van der Waals surface area contributed by atoms with Gasteiger partial charge in [-0.25, -0.2) is 18.6 Å². The Balaban J connectivity index is 1.86. The number of carbonyl (C=O) groups is 3. The smallest absolute Gasteiger partial charge is 0.331 e. The van der Waals surface area contributed by atoms with Crippen LogP contribution in [0, 0.1) is 11.6 Å². The summed E-state index contributed by atoms with van der Waals surface area (Å²) in [5.41, 5.74) is 1.11. The molecule has 2 heterocycles. The molecule has 4 aromatic rings. The summed E-state index contributed by atoms with van der Waals surface area (Å²) in [7, 11) is 1.41. The Morgan fingerprint density at radius 1 is 1.08 bits per heavy atom. The van der Waals surface area contributed by atoms with Gasteiger partial charge >= 0.3 is 6.03 Å². The largest absolute Gasteiger partial charge is 0.352 e. The maximum atomic E-state index is 14.1. The Bertz CT molecular complexity index is 1510. The molecule has 8 nitrogen and oxygen atoms in total. The van der Waals surface area contributed by atoms with Crippen LogP contribution in [-0.4, -0.2) is 38.9 Å². The van der Waals surface area contributed by atoms with Gasteiger partial charge in [-0.15, -0.1) is 0 Å². The lowest BCUT2D eigenvalue weighted by Gasteiger charge is -2.19. The van der Waals surface area contributed by atoms with Crippen molar-refractivity contribution in [3.63, 3.8) is 0 Å². The molecule has 11 heteroatoms. The number of hydrogen-bond acceptors (Lipinski definition) is 4. The number of benzene rings is 2. The standard InChI is InChI=1S/C25H22ClF2N5O3/c1-13(34)12-33-21(14(2)18-11-17(28)4-6-19(18)26)22(30-23(33)24(35)29-3)31-25(36)32-9-8-15-10-16(27)5-7-20(15)32/h4-11,14H,12H2,1-3H3,(H,29,35)(H,31,36)/t14-/m0/s1. The molecule has 0 aliphatic rings. The third-order valence-electron chi connectivity index (χ3n) is 5.75. The Kier molecular flexibility index (Phi) is 6.89. The van der Waals surface area contributed by atoms with E-state index >= 15 is 0 Å². The van der Waals surface area contributed by atoms with Gasteiger partial charge in [0.1, 0.15) is 17.4 Å². The second kappa shape index (κ2) is 9.90. The topological polar surface area (TPSA) is 98.0 Å². The Hall–Kier alpha value is -4.05. The number of amides is 2. The number of aromatic nitrogens is 3. The summed E-state index contributed by atoms with van der Waals surface area (Å²) in [6, 6.07) is 8.80. The maximum Gasteiger partial charge on any atom is 0.331 e. The molecule has 0 radical (unpaired) electrons. The SMILES string of the molecule is CNC(=O)c1nc(NC(=O)n2ccc3cc(F)ccc32)c([C@@H](C)c2cc(F)ccc2Cl)n1CC(C)=O. The van der Waals surface area contributed by atoms with Crippen molar-refractivity contribution in [3.8, 4) is 0 Å². The lowest BCUT2D eigenvalue weighted by molar-refractivity contribution is -0.117. The second-order valence-electron chi connectivity index (χ2n) is 8.24. The van der Waals surface area contributed by atoms with Gasteiger partial charge in [-0.05, 0) is 55.0 Å². The molecule has 0 aliphatic heterocycles. The number of nitrogens with one attached hydrogen (secondary N) is 2. The fourth-order valence-electron chi connectivity index (χ4n) is 4.11. The summed E-state index contributed by atoms with van der Waals surface area (Å²) in [6.07, 6.45) is 1.47. The molecule has 0 spiro atoms. The van der Waals surface area contributed by atoms with Crippen LogP contribution in [0.25, 0.3) is 10.9 Å². The van der Waals surface area contributed by atoms with Crippen molar-refractivity contribution < 1.29 is 23.2 Å². The highest BCUT2D eigenvalue weighted by Crippen LogP contribution is 2.35. The van der Waals surface area contributed by atoms with Crippen LogP contribution < -0.4 is 10.6 Å². The minimum atomic E-state index is -0.677. The van der Waals surface area contributed by atoms with Crippen LogP contribution in [0.4, 0.5) is 19.4 Å². The number of rotatable bonds is 6. The van der Waals surface area contributed by atoms with Crippen LogP contribution in [0.3, 0.4) is 0 Å². The van der Waals surface area contributed by atoms with Crippen molar-refractivity contribution in [1.29, 1.82) is 0 Å². The van der Waals surface area contributed by atoms with Crippen LogP contribution in [0.2, 0.25) is 5.02 Å². The Labute approximate surface area is 209 Å². The van der Waals surface area contributed by atoms with E-state index in [0.717, 1.165) is 0 Å². The molecule has 4 rings (SSSR count). The predicted octanol–water partition coefficient (Wildman–Crippen LogP) is 4.95. The van der Waals surface area contributed by atoms with E-state index < -0.39 is 29.5 Å². The zero-order chi connectivity index (χ0) is 26.1. The van der Waals surface area contributed by atoms with Gasteiger partial charge in [-0.2, -0.15) is 0 Å². The van der Waals surface area contributed by atoms with Crippen molar-refractivity contribution in [3.05, 3.63) is 82.4 Å². The van der Waals surface area contributed by atoms with Gasteiger partial charge in [-0.3, -0.25) is 19.5 Å². The number of hydrogen-bond donors (Lipinski definition) is 2. The number of Topliss-reactive ketones (excluding diaryl/α,β-unsaturated/α-hetero) is 1. The van der Waals surface area contributed by atoms with E-state index in [1.807, 2.05) is 0 Å². The lowest BCUT2D eigenvalue weighted by Crippen LogP contribution is -2.25. The number of ketones is 1. The van der Waals surface area contributed by atoms with Gasteiger partial charge in [0.2, 0.25) is 5.82 Å². The number of fused-ring (bicyclic) bond motifs is 1. The van der Waals surface area contributed by atoms with Crippen LogP contribution in [-0.2, 0) is 11.3 Å². The zero-order valence-corrected chi connectivity index (χ0v) is 20.4. The van der Waals surface area contributed by atoms with Crippen molar-refractivity contribution >= 4 is 46.0 Å². The molecule has 1 atom stereocenters. The average Bonchev–Trinajstić information content (AvgIpc) is 3.40. The second-order valence-corrected chi connectivity index (χ2v) is 8.65. The van der Waals surface area contributed by atoms with Gasteiger partial charge < -0.3 is 9.88 Å². The highest BCUT2D eigenvalue weighted by atomic mass is 35.5. The number of halogens is 3. The van der Waals surface area contributed by atoms with Crippen LogP contribution in [0.5, 0.6) is 0 Å². The molecular formula is C25H22ClF2N5O3. The summed E-state index contributed by atoms with van der Waals surface area (Å²) in [5, 5.41) is 5.93. The maximum absolute atomic E-state index is 14.1. The molecule has 2 N–H and O–H groups in total. The molecule has 2 aromatic heterocycles. The van der Waals surface area contributed by atoms with E-state index in [4.69, 9.17) is 11.6 Å². The molecule has 0 saturated heterocycles. The molecule has 0 fully saturated rings. The fraction of sp³-hybridized carbons (Fsp3) is 0.200.